The van der Waals surface area contributed by atoms with E-state index >= 15 is 0 Å². The lowest BCUT2D eigenvalue weighted by Gasteiger charge is -2.22. The maximum absolute atomic E-state index is 13.3. The van der Waals surface area contributed by atoms with Crippen molar-refractivity contribution in [3.8, 4) is 11.3 Å². The zero-order chi connectivity index (χ0) is 27.3. The number of pyridine rings is 1. The number of oxime groups is 1. The van der Waals surface area contributed by atoms with Gasteiger partial charge in [0.1, 0.15) is 16.5 Å². The Labute approximate surface area is 226 Å². The largest absolute Gasteiger partial charge is 0.583 e. The van der Waals surface area contributed by atoms with Gasteiger partial charge < -0.3 is 19.5 Å². The van der Waals surface area contributed by atoms with Gasteiger partial charge in [0.25, 0.3) is 0 Å². The number of fused-ring (bicyclic) bond motifs is 2. The van der Waals surface area contributed by atoms with Crippen LogP contribution in [0.2, 0.25) is 5.15 Å². The summed E-state index contributed by atoms with van der Waals surface area (Å²) in [6.45, 7) is 11.8. The molecule has 0 fully saturated rings. The molecule has 0 saturated heterocycles. The van der Waals surface area contributed by atoms with Gasteiger partial charge in [0.15, 0.2) is 5.43 Å². The molecule has 9 heteroatoms. The van der Waals surface area contributed by atoms with Gasteiger partial charge in [0.05, 0.1) is 29.0 Å². The van der Waals surface area contributed by atoms with Gasteiger partial charge in [-0.1, -0.05) is 43.6 Å². The summed E-state index contributed by atoms with van der Waals surface area (Å²) in [4.78, 5) is 17.9. The first kappa shape index (κ1) is 26.0. The van der Waals surface area contributed by atoms with Crippen molar-refractivity contribution in [1.29, 1.82) is 0 Å². The molecular weight excluding hydrogens is 501 g/mol. The molecule has 1 unspecified atom stereocenters. The summed E-state index contributed by atoms with van der Waals surface area (Å²) in [7, 11) is -1.11. The highest BCUT2D eigenvalue weighted by Gasteiger charge is 2.28. The molecule has 1 aliphatic heterocycles. The lowest BCUT2D eigenvalue weighted by molar-refractivity contribution is 0.286. The zero-order valence-corrected chi connectivity index (χ0v) is 23.0. The Morgan fingerprint density at radius 1 is 1.05 bits per heavy atom. The number of aryl methyl sites for hydroxylation is 1. The Bertz CT molecular complexity index is 1660. The number of anilines is 1. The van der Waals surface area contributed by atoms with Gasteiger partial charge in [-0.25, -0.2) is 4.98 Å². The van der Waals surface area contributed by atoms with Crippen molar-refractivity contribution in [3.63, 3.8) is 0 Å². The van der Waals surface area contributed by atoms with E-state index in [1.165, 1.54) is 0 Å². The van der Waals surface area contributed by atoms with Crippen molar-refractivity contribution in [2.24, 2.45) is 5.16 Å². The van der Waals surface area contributed by atoms with Crippen LogP contribution in [-0.4, -0.2) is 23.3 Å². The normalized spacial score (nSPS) is 13.6. The number of halogens is 1. The third-order valence-electron chi connectivity index (χ3n) is 7.07. The molecule has 194 valence electrons. The minimum atomic E-state index is -1.11. The van der Waals surface area contributed by atoms with Gasteiger partial charge in [-0.2, -0.15) is 0 Å². The van der Waals surface area contributed by atoms with E-state index < -0.39 is 7.12 Å². The number of aromatic nitrogens is 1. The van der Waals surface area contributed by atoms with Crippen LogP contribution < -0.4 is 16.2 Å². The molecular formula is C29H29BClN3O4. The Balaban J connectivity index is 1.62. The minimum Gasteiger partial charge on any atom is -0.460 e. The summed E-state index contributed by atoms with van der Waals surface area (Å²) >= 11 is 6.34. The number of hydrogen-bond donors (Lipinski definition) is 2. The first-order valence-electron chi connectivity index (χ1n) is 12.6. The third-order valence-corrected chi connectivity index (χ3v) is 7.28. The number of nitrogens with one attached hydrogen (secondary N) is 1. The van der Waals surface area contributed by atoms with E-state index in [1.54, 1.807) is 12.3 Å². The SMILES string of the molecule is Cc1cc(C(C)Nc2ccc(Cl)nc2-c2ccc3c(c2C)C=NOB3O)c2oc(C(C)C)c(C)c(=O)c2c1. The van der Waals surface area contributed by atoms with Gasteiger partial charge >= 0.3 is 7.12 Å². The van der Waals surface area contributed by atoms with Crippen LogP contribution in [0, 0.1) is 20.8 Å². The maximum atomic E-state index is 13.3. The molecule has 0 aliphatic carbocycles. The topological polar surface area (TPSA) is 97.0 Å². The summed E-state index contributed by atoms with van der Waals surface area (Å²) in [5.74, 6) is 0.780. The van der Waals surface area contributed by atoms with Gasteiger partial charge in [0, 0.05) is 33.6 Å². The molecule has 0 amide bonds. The van der Waals surface area contributed by atoms with Crippen molar-refractivity contribution in [2.75, 3.05) is 5.32 Å². The predicted octanol–water partition coefficient (Wildman–Crippen LogP) is 5.78. The fourth-order valence-corrected chi connectivity index (χ4v) is 5.26. The van der Waals surface area contributed by atoms with E-state index in [4.69, 9.17) is 20.8 Å². The first-order valence-corrected chi connectivity index (χ1v) is 13.0. The van der Waals surface area contributed by atoms with Gasteiger partial charge in [-0.3, -0.25) is 4.79 Å². The number of rotatable bonds is 5. The van der Waals surface area contributed by atoms with E-state index in [0.29, 0.717) is 38.6 Å². The Morgan fingerprint density at radius 3 is 2.55 bits per heavy atom. The summed E-state index contributed by atoms with van der Waals surface area (Å²) < 4.78 is 11.4. The Kier molecular flexibility index (Phi) is 6.80. The molecule has 0 spiro atoms. The van der Waals surface area contributed by atoms with Crippen molar-refractivity contribution in [2.45, 2.75) is 53.5 Å². The molecule has 1 aliphatic rings. The third kappa shape index (κ3) is 4.48. The minimum absolute atomic E-state index is 0.00142. The zero-order valence-electron chi connectivity index (χ0n) is 22.2. The lowest BCUT2D eigenvalue weighted by atomic mass is 9.74. The summed E-state index contributed by atoms with van der Waals surface area (Å²) in [5, 5.41) is 18.5. The van der Waals surface area contributed by atoms with Crippen LogP contribution in [-0.2, 0) is 4.76 Å². The van der Waals surface area contributed by atoms with Crippen LogP contribution in [0.4, 0.5) is 5.69 Å². The molecule has 4 aromatic rings. The molecule has 0 radical (unpaired) electrons. The van der Waals surface area contributed by atoms with Crippen LogP contribution in [0.25, 0.3) is 22.2 Å². The number of benzene rings is 2. The van der Waals surface area contributed by atoms with Crippen LogP contribution >= 0.6 is 11.6 Å². The highest BCUT2D eigenvalue weighted by Crippen LogP contribution is 2.35. The van der Waals surface area contributed by atoms with E-state index in [2.05, 4.69) is 15.5 Å². The second-order valence-electron chi connectivity index (χ2n) is 10.1. The van der Waals surface area contributed by atoms with E-state index in [-0.39, 0.29) is 17.4 Å². The Morgan fingerprint density at radius 2 is 1.82 bits per heavy atom. The molecule has 2 N–H and O–H groups in total. The van der Waals surface area contributed by atoms with E-state index in [9.17, 15) is 9.82 Å². The van der Waals surface area contributed by atoms with Crippen LogP contribution in [0.3, 0.4) is 0 Å². The van der Waals surface area contributed by atoms with Gasteiger partial charge in [0.2, 0.25) is 0 Å². The van der Waals surface area contributed by atoms with E-state index in [1.807, 2.05) is 71.9 Å². The standard InChI is InChI=1S/C29H29BClN3O4/c1-14(2)28-17(5)27(35)21-12-15(3)11-20(29(21)37-28)18(6)33-24-9-10-25(31)34-26(24)19-7-8-23-22(16(19)4)13-32-38-30(23)36/h7-14,18,33,36H,1-6H3. The van der Waals surface area contributed by atoms with Crippen molar-refractivity contribution >= 4 is 47.1 Å². The molecule has 5 rings (SSSR count). The fourth-order valence-electron chi connectivity index (χ4n) is 5.12. The first-order chi connectivity index (χ1) is 18.1. The molecule has 7 nitrogen and oxygen atoms in total. The van der Waals surface area contributed by atoms with Crippen LogP contribution in [0.1, 0.15) is 66.3 Å². The van der Waals surface area contributed by atoms with Gasteiger partial charge in [-0.15, -0.1) is 5.16 Å². The highest BCUT2D eigenvalue weighted by atomic mass is 35.5. The molecule has 2 aromatic carbocycles. The predicted molar refractivity (Wildman–Crippen MR) is 154 cm³/mol. The molecule has 0 saturated carbocycles. The van der Waals surface area contributed by atoms with E-state index in [0.717, 1.165) is 33.5 Å². The fraction of sp³-hybridized carbons (Fsp3) is 0.276. The smallest absolute Gasteiger partial charge is 0.460 e. The Hall–Kier alpha value is -3.62. The molecule has 3 heterocycles. The average Bonchev–Trinajstić information content (AvgIpc) is 2.87. The van der Waals surface area contributed by atoms with Crippen LogP contribution in [0.5, 0.6) is 0 Å². The van der Waals surface area contributed by atoms with Crippen molar-refractivity contribution in [3.05, 3.63) is 85.4 Å². The van der Waals surface area contributed by atoms with Gasteiger partial charge in [-0.05, 0) is 57.0 Å². The quantitative estimate of drug-likeness (QED) is 0.251. The summed E-state index contributed by atoms with van der Waals surface area (Å²) in [6, 6.07) is 11.0. The van der Waals surface area contributed by atoms with Crippen molar-refractivity contribution < 1.29 is 14.2 Å². The molecule has 0 bridgehead atoms. The molecule has 2 aromatic heterocycles. The second kappa shape index (κ2) is 9.93. The summed E-state index contributed by atoms with van der Waals surface area (Å²) in [5.41, 5.74) is 7.69. The monoisotopic (exact) mass is 529 g/mol. The van der Waals surface area contributed by atoms with Crippen LogP contribution in [0.15, 0.2) is 50.8 Å². The van der Waals surface area contributed by atoms with Crippen molar-refractivity contribution in [1.82, 2.24) is 4.98 Å². The molecule has 38 heavy (non-hydrogen) atoms. The second-order valence-corrected chi connectivity index (χ2v) is 10.5. The highest BCUT2D eigenvalue weighted by molar-refractivity contribution is 6.62. The lowest BCUT2D eigenvalue weighted by Crippen LogP contribution is -2.38. The molecule has 1 atom stereocenters. The summed E-state index contributed by atoms with van der Waals surface area (Å²) in [6.07, 6.45) is 1.59. The average molecular weight is 530 g/mol. The maximum Gasteiger partial charge on any atom is 0.583 e. The number of hydrogen-bond acceptors (Lipinski definition) is 7. The number of nitrogens with zero attached hydrogens (tertiary/aromatic N) is 2.